The molecule has 0 N–H and O–H groups in total. The van der Waals surface area contributed by atoms with Crippen molar-refractivity contribution in [1.82, 2.24) is 0 Å². The number of sulfone groups is 1. The summed E-state index contributed by atoms with van der Waals surface area (Å²) < 4.78 is 77.4. The van der Waals surface area contributed by atoms with Gasteiger partial charge in [0.05, 0.1) is 49.8 Å². The summed E-state index contributed by atoms with van der Waals surface area (Å²) in [6, 6.07) is 24.0. The lowest BCUT2D eigenvalue weighted by atomic mass is 9.94. The van der Waals surface area contributed by atoms with Crippen molar-refractivity contribution in [3.63, 3.8) is 0 Å². The first-order valence-electron chi connectivity index (χ1n) is 16.8. The van der Waals surface area contributed by atoms with Crippen LogP contribution >= 0.6 is 0 Å². The monoisotopic (exact) mass is 736 g/mol. The average molecular weight is 737 g/mol. The van der Waals surface area contributed by atoms with Gasteiger partial charge in [-0.2, -0.15) is 8.42 Å². The fraction of sp³-hybridized carbons (Fsp3) is 0.359. The normalized spacial score (nSPS) is 14.1. The molecule has 4 aromatic carbocycles. The van der Waals surface area contributed by atoms with E-state index in [4.69, 9.17) is 23.1 Å². The van der Waals surface area contributed by atoms with Gasteiger partial charge in [-0.25, -0.2) is 8.42 Å². The van der Waals surface area contributed by atoms with Gasteiger partial charge in [0.25, 0.3) is 10.1 Å². The topological polar surface area (TPSA) is 132 Å². The molecule has 0 fully saturated rings. The predicted octanol–water partition coefficient (Wildman–Crippen LogP) is 6.88. The summed E-state index contributed by atoms with van der Waals surface area (Å²) in [6.07, 6.45) is 0.653. The molecular formula is C39H44O10S2. The second-order valence-electron chi connectivity index (χ2n) is 12.7. The van der Waals surface area contributed by atoms with Gasteiger partial charge in [-0.1, -0.05) is 42.0 Å². The number of esters is 1. The van der Waals surface area contributed by atoms with Crippen molar-refractivity contribution in [1.29, 1.82) is 0 Å². The minimum absolute atomic E-state index is 0.0275. The first-order chi connectivity index (χ1) is 24.3. The molecule has 12 heteroatoms. The molecule has 0 amide bonds. The predicted molar refractivity (Wildman–Crippen MR) is 195 cm³/mol. The van der Waals surface area contributed by atoms with Crippen LogP contribution in [0.5, 0.6) is 17.2 Å². The fourth-order valence-corrected chi connectivity index (χ4v) is 8.30. The lowest BCUT2D eigenvalue weighted by Crippen LogP contribution is -2.16. The van der Waals surface area contributed by atoms with Crippen molar-refractivity contribution in [2.75, 3.05) is 38.4 Å². The van der Waals surface area contributed by atoms with Crippen LogP contribution < -0.4 is 14.2 Å². The van der Waals surface area contributed by atoms with E-state index >= 15 is 0 Å². The van der Waals surface area contributed by atoms with E-state index < -0.39 is 20.0 Å². The van der Waals surface area contributed by atoms with Crippen LogP contribution in [0, 0.1) is 20.8 Å². The quantitative estimate of drug-likeness (QED) is 0.0643. The van der Waals surface area contributed by atoms with Crippen LogP contribution in [0.4, 0.5) is 0 Å². The second-order valence-corrected chi connectivity index (χ2v) is 16.6. The molecule has 0 saturated heterocycles. The number of rotatable bonds is 17. The van der Waals surface area contributed by atoms with Crippen LogP contribution in [0.2, 0.25) is 0 Å². The maximum absolute atomic E-state index is 12.5. The van der Waals surface area contributed by atoms with Crippen LogP contribution in [-0.4, -0.2) is 61.2 Å². The Morgan fingerprint density at radius 1 is 0.804 bits per heavy atom. The van der Waals surface area contributed by atoms with Gasteiger partial charge in [-0.3, -0.25) is 8.98 Å². The third-order valence-electron chi connectivity index (χ3n) is 8.65. The van der Waals surface area contributed by atoms with Gasteiger partial charge < -0.3 is 18.9 Å². The average Bonchev–Trinajstić information content (AvgIpc) is 3.49. The Labute approximate surface area is 300 Å². The van der Waals surface area contributed by atoms with E-state index in [1.54, 1.807) is 12.1 Å². The van der Waals surface area contributed by atoms with Gasteiger partial charge >= 0.3 is 5.97 Å². The van der Waals surface area contributed by atoms with Crippen molar-refractivity contribution in [2.45, 2.75) is 57.5 Å². The summed E-state index contributed by atoms with van der Waals surface area (Å²) in [5, 5.41) is 0. The zero-order chi connectivity index (χ0) is 36.6. The van der Waals surface area contributed by atoms with Gasteiger partial charge in [-0.15, -0.1) is 0 Å². The number of carbonyl (C=O) groups excluding carboxylic acids is 1. The zero-order valence-electron chi connectivity index (χ0n) is 29.3. The molecule has 1 atom stereocenters. The van der Waals surface area contributed by atoms with Crippen LogP contribution in [0.25, 0.3) is 11.1 Å². The Hall–Kier alpha value is -4.39. The van der Waals surface area contributed by atoms with Gasteiger partial charge in [0.2, 0.25) is 0 Å². The van der Waals surface area contributed by atoms with Crippen molar-refractivity contribution in [3.05, 3.63) is 107 Å². The number of fused-ring (bicyclic) bond motifs is 1. The molecule has 10 nitrogen and oxygen atoms in total. The maximum Gasteiger partial charge on any atom is 0.306 e. The Morgan fingerprint density at radius 3 is 2.22 bits per heavy atom. The Kier molecular flexibility index (Phi) is 12.4. The van der Waals surface area contributed by atoms with Gasteiger partial charge in [0.1, 0.15) is 23.9 Å². The number of aryl methyl sites for hydroxylation is 3. The maximum atomic E-state index is 12.5. The molecule has 0 radical (unpaired) electrons. The molecule has 0 saturated carbocycles. The molecule has 1 aliphatic rings. The zero-order valence-corrected chi connectivity index (χ0v) is 31.0. The van der Waals surface area contributed by atoms with Crippen molar-refractivity contribution in [2.24, 2.45) is 0 Å². The van der Waals surface area contributed by atoms with Gasteiger partial charge in [-0.05, 0) is 97.8 Å². The van der Waals surface area contributed by atoms with Gasteiger partial charge in [0.15, 0.2) is 9.84 Å². The SMILES string of the molecule is COC(=O)C[C@@H]1COc2cc(OCc3cccc(-c4c(C)cc(OCCCS(=O)(=O)CCCOS(=O)(=O)c5ccc(C)cc5)cc4C)c3)ccc21. The van der Waals surface area contributed by atoms with E-state index in [0.717, 1.165) is 44.7 Å². The largest absolute Gasteiger partial charge is 0.494 e. The van der Waals surface area contributed by atoms with Crippen LogP contribution in [0.1, 0.15) is 53.0 Å². The highest BCUT2D eigenvalue weighted by Gasteiger charge is 2.27. The van der Waals surface area contributed by atoms with Crippen LogP contribution in [0.3, 0.4) is 0 Å². The molecule has 4 aromatic rings. The van der Waals surface area contributed by atoms with Crippen molar-refractivity contribution < 1.29 is 44.8 Å². The number of carbonyl (C=O) groups is 1. The Morgan fingerprint density at radius 2 is 1.51 bits per heavy atom. The van der Waals surface area contributed by atoms with E-state index in [-0.39, 0.29) is 54.3 Å². The first-order valence-corrected chi connectivity index (χ1v) is 20.0. The summed E-state index contributed by atoms with van der Waals surface area (Å²) >= 11 is 0. The van der Waals surface area contributed by atoms with Crippen LogP contribution in [0.15, 0.2) is 83.8 Å². The highest BCUT2D eigenvalue weighted by molar-refractivity contribution is 7.91. The summed E-state index contributed by atoms with van der Waals surface area (Å²) in [4.78, 5) is 11.8. The summed E-state index contributed by atoms with van der Waals surface area (Å²) in [5.41, 5.74) is 7.07. The third kappa shape index (κ3) is 10.3. The second kappa shape index (κ2) is 16.8. The van der Waals surface area contributed by atoms with E-state index in [1.807, 2.05) is 63.2 Å². The van der Waals surface area contributed by atoms with E-state index in [1.165, 1.54) is 19.2 Å². The minimum atomic E-state index is -3.93. The third-order valence-corrected chi connectivity index (χ3v) is 11.8. The number of hydrogen-bond donors (Lipinski definition) is 0. The molecule has 0 bridgehead atoms. The molecule has 51 heavy (non-hydrogen) atoms. The number of benzene rings is 4. The molecule has 1 aliphatic heterocycles. The summed E-state index contributed by atoms with van der Waals surface area (Å²) in [5.74, 6) is 1.53. The highest BCUT2D eigenvalue weighted by atomic mass is 32.2. The number of methoxy groups -OCH3 is 1. The van der Waals surface area contributed by atoms with Gasteiger partial charge in [0, 0.05) is 17.5 Å². The smallest absolute Gasteiger partial charge is 0.306 e. The summed E-state index contributed by atoms with van der Waals surface area (Å²) in [6.45, 7) is 6.69. The number of hydrogen-bond acceptors (Lipinski definition) is 10. The van der Waals surface area contributed by atoms with E-state index in [9.17, 15) is 21.6 Å². The molecule has 5 rings (SSSR count). The number of ether oxygens (including phenoxy) is 4. The van der Waals surface area contributed by atoms with E-state index in [2.05, 4.69) is 12.1 Å². The van der Waals surface area contributed by atoms with E-state index in [0.29, 0.717) is 31.1 Å². The molecule has 0 aliphatic carbocycles. The Bertz CT molecular complexity index is 2030. The molecular weight excluding hydrogens is 693 g/mol. The molecule has 272 valence electrons. The molecule has 0 unspecified atom stereocenters. The lowest BCUT2D eigenvalue weighted by Gasteiger charge is -2.15. The summed E-state index contributed by atoms with van der Waals surface area (Å²) in [7, 11) is -5.95. The Balaban J connectivity index is 1.09. The highest BCUT2D eigenvalue weighted by Crippen LogP contribution is 2.39. The standard InChI is InChI=1S/C39H44O10S2/c1-27-10-13-35(14-11-27)51(43,44)49-17-7-19-50(41,42)18-6-16-46-34-20-28(2)39(29(3)21-34)31-9-5-8-30(22-31)25-47-33-12-15-36-32(23-38(40)45-4)26-48-37(36)24-33/h5,8-15,20-22,24,32H,6-7,16-19,23,25-26H2,1-4H3/t32-/m1/s1. The molecule has 1 heterocycles. The lowest BCUT2D eigenvalue weighted by molar-refractivity contribution is -0.141. The van der Waals surface area contributed by atoms with Crippen molar-refractivity contribution >= 4 is 25.9 Å². The fourth-order valence-electron chi connectivity index (χ4n) is 6.04. The minimum Gasteiger partial charge on any atom is -0.494 e. The molecule has 0 spiro atoms. The first kappa shape index (κ1) is 37.9. The van der Waals surface area contributed by atoms with Crippen molar-refractivity contribution in [3.8, 4) is 28.4 Å². The van der Waals surface area contributed by atoms with Crippen LogP contribution in [-0.2, 0) is 40.3 Å². The molecule has 0 aromatic heterocycles.